The maximum absolute atomic E-state index is 13.4. The molecule has 30 heavy (non-hydrogen) atoms. The molecule has 1 fully saturated rings. The molecule has 9 heteroatoms. The summed E-state index contributed by atoms with van der Waals surface area (Å²) < 4.78 is 24.4. The Hall–Kier alpha value is -2.62. The minimum absolute atomic E-state index is 0.0527. The lowest BCUT2D eigenvalue weighted by Gasteiger charge is -2.33. The zero-order valence-electron chi connectivity index (χ0n) is 17.6. The van der Waals surface area contributed by atoms with Crippen LogP contribution in [0.2, 0.25) is 0 Å². The number of methoxy groups -OCH3 is 1. The fourth-order valence-corrected chi connectivity index (χ4v) is 3.26. The molecule has 0 spiro atoms. The van der Waals surface area contributed by atoms with Crippen LogP contribution in [0.15, 0.2) is 30.5 Å². The van der Waals surface area contributed by atoms with Crippen molar-refractivity contribution in [3.63, 3.8) is 0 Å². The Morgan fingerprint density at radius 1 is 1.37 bits per heavy atom. The second-order valence-corrected chi connectivity index (χ2v) is 7.31. The predicted octanol–water partition coefficient (Wildman–Crippen LogP) is 1.48. The van der Waals surface area contributed by atoms with E-state index in [-0.39, 0.29) is 24.4 Å². The number of aromatic nitrogens is 2. The van der Waals surface area contributed by atoms with Crippen molar-refractivity contribution in [2.75, 3.05) is 65.5 Å². The van der Waals surface area contributed by atoms with Gasteiger partial charge >= 0.3 is 0 Å². The topological polar surface area (TPSA) is 79.8 Å². The maximum Gasteiger partial charge on any atom is 0.234 e. The molecule has 1 aliphatic heterocycles. The third kappa shape index (κ3) is 5.71. The van der Waals surface area contributed by atoms with Crippen LogP contribution in [0.25, 0.3) is 11.1 Å². The van der Waals surface area contributed by atoms with Crippen molar-refractivity contribution in [3.8, 4) is 11.1 Å². The van der Waals surface area contributed by atoms with Crippen LogP contribution in [0.5, 0.6) is 0 Å². The summed E-state index contributed by atoms with van der Waals surface area (Å²) in [6.07, 6.45) is 1.41. The number of nitrogens with zero attached hydrogens (tertiary/aromatic N) is 4. The van der Waals surface area contributed by atoms with E-state index >= 15 is 0 Å². The van der Waals surface area contributed by atoms with E-state index in [1.165, 1.54) is 12.1 Å². The van der Waals surface area contributed by atoms with Gasteiger partial charge in [0.25, 0.3) is 0 Å². The quantitative estimate of drug-likeness (QED) is 0.652. The molecule has 1 saturated heterocycles. The fraction of sp³-hybridized carbons (Fsp3) is 0.476. The molecule has 0 aliphatic carbocycles. The number of ether oxygens (including phenoxy) is 2. The van der Waals surface area contributed by atoms with Crippen molar-refractivity contribution in [3.05, 3.63) is 42.0 Å². The standard InChI is InChI=1S/C21H28FN5O3/c1-26(2)21-24-12-17(15-4-6-16(22)7-5-15)20(25-21)18-13-27(9-11-30-18)14-19(28)23-8-10-29-3/h4-7,12,18H,8-11,13-14H2,1-3H3,(H,23,28). The van der Waals surface area contributed by atoms with E-state index in [1.807, 2.05) is 23.9 Å². The van der Waals surface area contributed by atoms with Gasteiger partial charge in [0.1, 0.15) is 11.9 Å². The molecule has 0 saturated carbocycles. The minimum atomic E-state index is -0.327. The first-order chi connectivity index (χ1) is 14.5. The molecule has 3 rings (SSSR count). The van der Waals surface area contributed by atoms with Gasteiger partial charge in [0.15, 0.2) is 0 Å². The molecule has 1 aliphatic rings. The molecule has 1 unspecified atom stereocenters. The van der Waals surface area contributed by atoms with Crippen LogP contribution in [0.1, 0.15) is 11.8 Å². The molecular formula is C21H28FN5O3. The lowest BCUT2D eigenvalue weighted by atomic mass is 10.0. The zero-order chi connectivity index (χ0) is 21.5. The lowest BCUT2D eigenvalue weighted by Crippen LogP contribution is -2.45. The number of morpholine rings is 1. The first kappa shape index (κ1) is 22.1. The van der Waals surface area contributed by atoms with Gasteiger partial charge in [0, 0.05) is 52.6 Å². The Labute approximate surface area is 176 Å². The molecule has 2 aromatic rings. The number of amides is 1. The summed E-state index contributed by atoms with van der Waals surface area (Å²) in [6.45, 7) is 2.91. The summed E-state index contributed by atoms with van der Waals surface area (Å²) in [6, 6.07) is 6.24. The van der Waals surface area contributed by atoms with E-state index in [2.05, 4.69) is 10.3 Å². The summed E-state index contributed by atoms with van der Waals surface area (Å²) in [7, 11) is 5.34. The largest absolute Gasteiger partial charge is 0.383 e. The number of nitrogens with one attached hydrogen (secondary N) is 1. The molecule has 162 valence electrons. The average Bonchev–Trinajstić information content (AvgIpc) is 2.74. The molecule has 1 N–H and O–H groups in total. The van der Waals surface area contributed by atoms with Crippen molar-refractivity contribution < 1.29 is 18.7 Å². The summed E-state index contributed by atoms with van der Waals surface area (Å²) in [5.74, 6) is 0.211. The van der Waals surface area contributed by atoms with Gasteiger partial charge in [0.05, 0.1) is 25.5 Å². The Kier molecular flexibility index (Phi) is 7.67. The summed E-state index contributed by atoms with van der Waals surface area (Å²) in [5, 5.41) is 2.84. The Bertz CT molecular complexity index is 847. The van der Waals surface area contributed by atoms with Crippen molar-refractivity contribution >= 4 is 11.9 Å². The fourth-order valence-electron chi connectivity index (χ4n) is 3.26. The SMILES string of the molecule is COCCNC(=O)CN1CCOC(c2nc(N(C)C)ncc2-c2ccc(F)cc2)C1. The average molecular weight is 417 g/mol. The van der Waals surface area contributed by atoms with E-state index in [4.69, 9.17) is 14.5 Å². The van der Waals surface area contributed by atoms with Crippen LogP contribution < -0.4 is 10.2 Å². The summed E-state index contributed by atoms with van der Waals surface area (Å²) in [4.78, 5) is 25.2. The Balaban J connectivity index is 1.81. The van der Waals surface area contributed by atoms with Crippen LogP contribution in [0.3, 0.4) is 0 Å². The second-order valence-electron chi connectivity index (χ2n) is 7.31. The lowest BCUT2D eigenvalue weighted by molar-refractivity contribution is -0.124. The van der Waals surface area contributed by atoms with Gasteiger partial charge in [-0.25, -0.2) is 14.4 Å². The van der Waals surface area contributed by atoms with Crippen molar-refractivity contribution in [1.29, 1.82) is 0 Å². The highest BCUT2D eigenvalue weighted by Crippen LogP contribution is 2.31. The van der Waals surface area contributed by atoms with E-state index in [0.717, 1.165) is 16.8 Å². The van der Waals surface area contributed by atoms with E-state index in [1.54, 1.807) is 25.4 Å². The normalized spacial score (nSPS) is 17.0. The van der Waals surface area contributed by atoms with Crippen LogP contribution in [0, 0.1) is 5.82 Å². The smallest absolute Gasteiger partial charge is 0.234 e. The number of halogens is 1. The van der Waals surface area contributed by atoms with Gasteiger partial charge in [-0.05, 0) is 17.7 Å². The van der Waals surface area contributed by atoms with E-state index in [0.29, 0.717) is 38.8 Å². The second kappa shape index (κ2) is 10.4. The number of benzene rings is 1. The van der Waals surface area contributed by atoms with Gasteiger partial charge in [-0.3, -0.25) is 9.69 Å². The molecular weight excluding hydrogens is 389 g/mol. The summed E-state index contributed by atoms with van der Waals surface area (Å²) in [5.41, 5.74) is 2.33. The molecule has 0 bridgehead atoms. The monoisotopic (exact) mass is 417 g/mol. The highest BCUT2D eigenvalue weighted by molar-refractivity contribution is 5.78. The van der Waals surface area contributed by atoms with E-state index < -0.39 is 0 Å². The van der Waals surface area contributed by atoms with Crippen LogP contribution in [-0.2, 0) is 14.3 Å². The van der Waals surface area contributed by atoms with Crippen molar-refractivity contribution in [2.24, 2.45) is 0 Å². The molecule has 2 heterocycles. The predicted molar refractivity (Wildman–Crippen MR) is 112 cm³/mol. The van der Waals surface area contributed by atoms with Gasteiger partial charge in [-0.15, -0.1) is 0 Å². The van der Waals surface area contributed by atoms with Crippen LogP contribution in [-0.4, -0.2) is 81.4 Å². The van der Waals surface area contributed by atoms with Crippen LogP contribution in [0.4, 0.5) is 10.3 Å². The molecule has 8 nitrogen and oxygen atoms in total. The van der Waals surface area contributed by atoms with E-state index in [9.17, 15) is 9.18 Å². The van der Waals surface area contributed by atoms with Gasteiger partial charge < -0.3 is 19.7 Å². The Morgan fingerprint density at radius 2 is 2.13 bits per heavy atom. The highest BCUT2D eigenvalue weighted by Gasteiger charge is 2.27. The number of carbonyl (C=O) groups excluding carboxylic acids is 1. The number of hydrogen-bond acceptors (Lipinski definition) is 7. The molecule has 1 amide bonds. The molecule has 1 atom stereocenters. The third-order valence-electron chi connectivity index (χ3n) is 4.81. The van der Waals surface area contributed by atoms with Crippen molar-refractivity contribution in [2.45, 2.75) is 6.10 Å². The highest BCUT2D eigenvalue weighted by atomic mass is 19.1. The third-order valence-corrected chi connectivity index (χ3v) is 4.81. The number of rotatable bonds is 8. The number of hydrogen-bond donors (Lipinski definition) is 1. The number of anilines is 1. The van der Waals surface area contributed by atoms with Gasteiger partial charge in [0.2, 0.25) is 11.9 Å². The summed E-state index contributed by atoms with van der Waals surface area (Å²) >= 11 is 0. The molecule has 1 aromatic heterocycles. The molecule has 0 radical (unpaired) electrons. The van der Waals surface area contributed by atoms with Gasteiger partial charge in [-0.2, -0.15) is 0 Å². The van der Waals surface area contributed by atoms with Crippen LogP contribution >= 0.6 is 0 Å². The first-order valence-corrected chi connectivity index (χ1v) is 9.87. The first-order valence-electron chi connectivity index (χ1n) is 9.87. The molecule has 1 aromatic carbocycles. The Morgan fingerprint density at radius 3 is 2.83 bits per heavy atom. The maximum atomic E-state index is 13.4. The van der Waals surface area contributed by atoms with Crippen molar-refractivity contribution in [1.82, 2.24) is 20.2 Å². The zero-order valence-corrected chi connectivity index (χ0v) is 17.6. The van der Waals surface area contributed by atoms with Gasteiger partial charge in [-0.1, -0.05) is 12.1 Å². The minimum Gasteiger partial charge on any atom is -0.383 e. The number of carbonyl (C=O) groups is 1.